The molecule has 0 spiro atoms. The van der Waals surface area contributed by atoms with Gasteiger partial charge in [0.25, 0.3) is 0 Å². The molecule has 4 aromatic rings. The minimum Gasteiger partial charge on any atom is -0.486 e. The molecule has 1 aliphatic rings. The number of aromatic nitrogens is 3. The van der Waals surface area contributed by atoms with Crippen LogP contribution in [0.15, 0.2) is 90.1 Å². The fourth-order valence-electron chi connectivity index (χ4n) is 3.53. The van der Waals surface area contributed by atoms with Gasteiger partial charge in [-0.1, -0.05) is 84.0 Å². The molecule has 7 nitrogen and oxygen atoms in total. The molecular weight excluding hydrogens is 458 g/mol. The average Bonchev–Trinajstić information content (AvgIpc) is 3.26. The van der Waals surface area contributed by atoms with E-state index >= 15 is 0 Å². The third-order valence-corrected chi connectivity index (χ3v) is 6.71. The number of ether oxygens (including phenoxy) is 1. The van der Waals surface area contributed by atoms with Crippen molar-refractivity contribution in [3.8, 4) is 5.75 Å². The molecule has 33 heavy (non-hydrogen) atoms. The SMILES string of the molecule is O=C(Nc1ccccc1Cl)[C@@H]1Sc2nnc(COc3ccccc3)n2N[C@@H]1c1ccccc1. The number of benzene rings is 3. The summed E-state index contributed by atoms with van der Waals surface area (Å²) in [6.45, 7) is 0.239. The number of rotatable bonds is 6. The summed E-state index contributed by atoms with van der Waals surface area (Å²) in [5, 5.41) is 12.1. The van der Waals surface area contributed by atoms with E-state index in [0.29, 0.717) is 21.7 Å². The predicted molar refractivity (Wildman–Crippen MR) is 129 cm³/mol. The smallest absolute Gasteiger partial charge is 0.240 e. The van der Waals surface area contributed by atoms with Crippen LogP contribution in [0.2, 0.25) is 5.02 Å². The summed E-state index contributed by atoms with van der Waals surface area (Å²) in [7, 11) is 0. The molecule has 0 unspecified atom stereocenters. The van der Waals surface area contributed by atoms with E-state index in [1.165, 1.54) is 11.8 Å². The summed E-state index contributed by atoms with van der Waals surface area (Å²) in [5.41, 5.74) is 4.97. The molecular formula is C24H20ClN5O2S. The summed E-state index contributed by atoms with van der Waals surface area (Å²) in [6.07, 6.45) is 0. The Kier molecular flexibility index (Phi) is 6.19. The number of nitrogens with one attached hydrogen (secondary N) is 2. The van der Waals surface area contributed by atoms with Crippen LogP contribution in [0.5, 0.6) is 5.75 Å². The Labute approximate surface area is 200 Å². The molecule has 0 saturated heterocycles. The van der Waals surface area contributed by atoms with E-state index in [1.54, 1.807) is 16.8 Å². The van der Waals surface area contributed by atoms with Gasteiger partial charge in [0.05, 0.1) is 16.8 Å². The third kappa shape index (κ3) is 4.67. The number of amides is 1. The highest BCUT2D eigenvalue weighted by molar-refractivity contribution is 8.00. The second-order valence-corrected chi connectivity index (χ2v) is 8.88. The molecule has 1 amide bonds. The second kappa shape index (κ2) is 9.56. The van der Waals surface area contributed by atoms with Crippen LogP contribution in [-0.4, -0.2) is 26.0 Å². The van der Waals surface area contributed by atoms with Crippen molar-refractivity contribution < 1.29 is 9.53 Å². The number of carbonyl (C=O) groups is 1. The number of para-hydroxylation sites is 2. The maximum absolute atomic E-state index is 13.3. The standard InChI is InChI=1S/C24H20ClN5O2S/c25-18-13-7-8-14-19(18)26-23(31)22-21(16-9-3-1-4-10-16)29-30-20(27-28-24(30)33-22)15-32-17-11-5-2-6-12-17/h1-14,21-22,29H,15H2,(H,26,31)/t21-,22-/m1/s1. The van der Waals surface area contributed by atoms with Crippen molar-refractivity contribution in [1.29, 1.82) is 0 Å². The van der Waals surface area contributed by atoms with Crippen molar-refractivity contribution in [2.24, 2.45) is 0 Å². The molecule has 9 heteroatoms. The van der Waals surface area contributed by atoms with Crippen LogP contribution in [0.25, 0.3) is 0 Å². The van der Waals surface area contributed by atoms with Crippen LogP contribution in [0.4, 0.5) is 5.69 Å². The van der Waals surface area contributed by atoms with Gasteiger partial charge in [-0.3, -0.25) is 4.79 Å². The van der Waals surface area contributed by atoms with Crippen molar-refractivity contribution in [1.82, 2.24) is 14.9 Å². The zero-order valence-corrected chi connectivity index (χ0v) is 19.0. The zero-order valence-electron chi connectivity index (χ0n) is 17.4. The van der Waals surface area contributed by atoms with Crippen LogP contribution < -0.4 is 15.5 Å². The normalized spacial score (nSPS) is 17.0. The lowest BCUT2D eigenvalue weighted by Crippen LogP contribution is -2.41. The zero-order chi connectivity index (χ0) is 22.6. The van der Waals surface area contributed by atoms with Gasteiger partial charge < -0.3 is 15.5 Å². The van der Waals surface area contributed by atoms with Crippen LogP contribution in [0.3, 0.4) is 0 Å². The Morgan fingerprint density at radius 2 is 1.70 bits per heavy atom. The first-order valence-corrected chi connectivity index (χ1v) is 11.6. The molecule has 0 saturated carbocycles. The lowest BCUT2D eigenvalue weighted by atomic mass is 10.0. The molecule has 0 radical (unpaired) electrons. The van der Waals surface area contributed by atoms with Gasteiger partial charge in [-0.25, -0.2) is 4.68 Å². The molecule has 0 aliphatic carbocycles. The number of hydrogen-bond donors (Lipinski definition) is 2. The predicted octanol–water partition coefficient (Wildman–Crippen LogP) is 4.91. The van der Waals surface area contributed by atoms with Gasteiger partial charge in [0.15, 0.2) is 5.82 Å². The van der Waals surface area contributed by atoms with E-state index < -0.39 is 5.25 Å². The van der Waals surface area contributed by atoms with Gasteiger partial charge >= 0.3 is 0 Å². The summed E-state index contributed by atoms with van der Waals surface area (Å²) >= 11 is 7.60. The number of fused-ring (bicyclic) bond motifs is 1. The highest BCUT2D eigenvalue weighted by Crippen LogP contribution is 2.38. The first kappa shape index (κ1) is 21.4. The number of thioether (sulfide) groups is 1. The fraction of sp³-hybridized carbons (Fsp3) is 0.125. The first-order chi connectivity index (χ1) is 16.2. The molecule has 1 aromatic heterocycles. The molecule has 166 valence electrons. The Morgan fingerprint density at radius 1 is 1.00 bits per heavy atom. The maximum atomic E-state index is 13.3. The Hall–Kier alpha value is -3.49. The van der Waals surface area contributed by atoms with E-state index in [4.69, 9.17) is 16.3 Å². The largest absolute Gasteiger partial charge is 0.486 e. The lowest BCUT2D eigenvalue weighted by molar-refractivity contribution is -0.116. The first-order valence-electron chi connectivity index (χ1n) is 10.3. The topological polar surface area (TPSA) is 81.1 Å². The second-order valence-electron chi connectivity index (χ2n) is 7.36. The molecule has 2 heterocycles. The van der Waals surface area contributed by atoms with Crippen LogP contribution >= 0.6 is 23.4 Å². The van der Waals surface area contributed by atoms with Gasteiger partial charge in [0.2, 0.25) is 11.1 Å². The van der Waals surface area contributed by atoms with Crippen molar-refractivity contribution in [2.45, 2.75) is 23.1 Å². The highest BCUT2D eigenvalue weighted by Gasteiger charge is 2.38. The van der Waals surface area contributed by atoms with E-state index in [0.717, 1.165) is 11.3 Å². The van der Waals surface area contributed by atoms with E-state index in [1.807, 2.05) is 72.8 Å². The molecule has 1 aliphatic heterocycles. The Bertz CT molecular complexity index is 1250. The number of hydrogen-bond acceptors (Lipinski definition) is 6. The van der Waals surface area contributed by atoms with Gasteiger partial charge in [-0.15, -0.1) is 10.2 Å². The van der Waals surface area contributed by atoms with E-state index in [-0.39, 0.29) is 18.6 Å². The Balaban J connectivity index is 1.41. The fourth-order valence-corrected chi connectivity index (χ4v) is 4.82. The van der Waals surface area contributed by atoms with Gasteiger partial charge in [0.1, 0.15) is 17.6 Å². The highest BCUT2D eigenvalue weighted by atomic mass is 35.5. The number of carbonyl (C=O) groups excluding carboxylic acids is 1. The molecule has 5 rings (SSSR count). The third-order valence-electron chi connectivity index (χ3n) is 5.16. The van der Waals surface area contributed by atoms with Gasteiger partial charge in [-0.05, 0) is 29.8 Å². The molecule has 2 atom stereocenters. The molecule has 2 N–H and O–H groups in total. The van der Waals surface area contributed by atoms with Crippen LogP contribution in [0.1, 0.15) is 17.4 Å². The minimum atomic E-state index is -0.497. The Morgan fingerprint density at radius 3 is 2.45 bits per heavy atom. The van der Waals surface area contributed by atoms with Crippen molar-refractivity contribution in [2.75, 3.05) is 10.7 Å². The monoisotopic (exact) mass is 477 g/mol. The average molecular weight is 478 g/mol. The number of anilines is 1. The van der Waals surface area contributed by atoms with Crippen molar-refractivity contribution >= 4 is 35.0 Å². The summed E-state index contributed by atoms with van der Waals surface area (Å²) < 4.78 is 7.65. The van der Waals surface area contributed by atoms with E-state index in [2.05, 4.69) is 20.9 Å². The van der Waals surface area contributed by atoms with Crippen LogP contribution in [0, 0.1) is 0 Å². The number of halogens is 1. The van der Waals surface area contributed by atoms with Crippen molar-refractivity contribution in [3.63, 3.8) is 0 Å². The number of nitrogens with zero attached hydrogens (tertiary/aromatic N) is 3. The maximum Gasteiger partial charge on any atom is 0.240 e. The van der Waals surface area contributed by atoms with Crippen molar-refractivity contribution in [3.05, 3.63) is 101 Å². The summed E-state index contributed by atoms with van der Waals surface area (Å²) in [6, 6.07) is 26.2. The summed E-state index contributed by atoms with van der Waals surface area (Å²) in [4.78, 5) is 13.3. The quantitative estimate of drug-likeness (QED) is 0.410. The molecule has 0 bridgehead atoms. The van der Waals surface area contributed by atoms with Crippen LogP contribution in [-0.2, 0) is 11.4 Å². The van der Waals surface area contributed by atoms with Gasteiger partial charge in [0, 0.05) is 0 Å². The minimum absolute atomic E-state index is 0.175. The lowest BCUT2D eigenvalue weighted by Gasteiger charge is -2.33. The van der Waals surface area contributed by atoms with Gasteiger partial charge in [-0.2, -0.15) is 0 Å². The molecule has 0 fully saturated rings. The molecule has 3 aromatic carbocycles. The van der Waals surface area contributed by atoms with E-state index in [9.17, 15) is 4.79 Å². The summed E-state index contributed by atoms with van der Waals surface area (Å²) in [5.74, 6) is 1.19.